The van der Waals surface area contributed by atoms with Crippen LogP contribution in [0.5, 0.6) is 11.5 Å². The first kappa shape index (κ1) is 14.5. The Balaban J connectivity index is 1.45. The van der Waals surface area contributed by atoms with E-state index >= 15 is 0 Å². The quantitative estimate of drug-likeness (QED) is 0.676. The number of benzene rings is 1. The Morgan fingerprint density at radius 1 is 1.05 bits per heavy atom. The lowest BCUT2D eigenvalue weighted by molar-refractivity contribution is 0.226. The Morgan fingerprint density at radius 3 is 2.33 bits per heavy atom. The Kier molecular flexibility index (Phi) is 4.52. The summed E-state index contributed by atoms with van der Waals surface area (Å²) in [7, 11) is 0. The van der Waals surface area contributed by atoms with Crippen LogP contribution in [0.25, 0.3) is 0 Å². The molecule has 0 aromatic heterocycles. The summed E-state index contributed by atoms with van der Waals surface area (Å²) in [5.41, 5.74) is 0. The summed E-state index contributed by atoms with van der Waals surface area (Å²) in [4.78, 5) is 0. The molecule has 0 N–H and O–H groups in total. The van der Waals surface area contributed by atoms with Gasteiger partial charge in [0.1, 0.15) is 11.5 Å². The second-order valence-corrected chi connectivity index (χ2v) is 6.65. The molecule has 2 heteroatoms. The van der Waals surface area contributed by atoms with E-state index in [9.17, 15) is 0 Å². The van der Waals surface area contributed by atoms with Gasteiger partial charge in [0.25, 0.3) is 0 Å². The summed E-state index contributed by atoms with van der Waals surface area (Å²) in [5.74, 6) is 4.78. The van der Waals surface area contributed by atoms with E-state index in [2.05, 4.69) is 26.0 Å². The molecule has 2 aliphatic carbocycles. The smallest absolute Gasteiger partial charge is 0.119 e. The van der Waals surface area contributed by atoms with Gasteiger partial charge in [0.05, 0.1) is 13.2 Å². The minimum absolute atomic E-state index is 0.603. The highest BCUT2D eigenvalue weighted by atomic mass is 16.5. The lowest BCUT2D eigenvalue weighted by Crippen LogP contribution is -2.16. The summed E-state index contributed by atoms with van der Waals surface area (Å²) in [6.07, 6.45) is 8.56. The minimum atomic E-state index is 0.603. The predicted octanol–water partition coefficient (Wildman–Crippen LogP) is 4.70. The molecule has 1 aromatic carbocycles. The third kappa shape index (κ3) is 3.61. The van der Waals surface area contributed by atoms with Gasteiger partial charge in [0.2, 0.25) is 0 Å². The second kappa shape index (κ2) is 6.55. The molecule has 4 atom stereocenters. The third-order valence-corrected chi connectivity index (χ3v) is 4.94. The fourth-order valence-electron chi connectivity index (χ4n) is 3.28. The van der Waals surface area contributed by atoms with Gasteiger partial charge in [-0.1, -0.05) is 32.4 Å². The van der Waals surface area contributed by atoms with Crippen LogP contribution in [0.15, 0.2) is 36.4 Å². The second-order valence-electron chi connectivity index (χ2n) is 6.65. The molecule has 1 fully saturated rings. The average Bonchev–Trinajstić information content (AvgIpc) is 3.14. The fraction of sp³-hybridized carbons (Fsp3) is 0.579. The maximum Gasteiger partial charge on any atom is 0.119 e. The van der Waals surface area contributed by atoms with Crippen molar-refractivity contribution in [1.82, 2.24) is 0 Å². The lowest BCUT2D eigenvalue weighted by atomic mass is 9.95. The molecule has 0 amide bonds. The van der Waals surface area contributed by atoms with Crippen molar-refractivity contribution in [2.45, 2.75) is 33.1 Å². The molecule has 3 rings (SSSR count). The largest absolute Gasteiger partial charge is 0.493 e. The molecular weight excluding hydrogens is 260 g/mol. The van der Waals surface area contributed by atoms with Crippen LogP contribution >= 0.6 is 0 Å². The van der Waals surface area contributed by atoms with Gasteiger partial charge in [-0.15, -0.1) is 0 Å². The van der Waals surface area contributed by atoms with E-state index in [-0.39, 0.29) is 0 Å². The van der Waals surface area contributed by atoms with Gasteiger partial charge < -0.3 is 9.47 Å². The van der Waals surface area contributed by atoms with Crippen molar-refractivity contribution in [3.63, 3.8) is 0 Å². The predicted molar refractivity (Wildman–Crippen MR) is 85.7 cm³/mol. The number of ether oxygens (including phenoxy) is 2. The van der Waals surface area contributed by atoms with Gasteiger partial charge in [0, 0.05) is 0 Å². The molecule has 0 saturated heterocycles. The molecule has 1 saturated carbocycles. The molecule has 2 aliphatic rings. The van der Waals surface area contributed by atoms with Gasteiger partial charge >= 0.3 is 0 Å². The molecule has 2 nitrogen and oxygen atoms in total. The van der Waals surface area contributed by atoms with Crippen LogP contribution in [0.4, 0.5) is 0 Å². The summed E-state index contributed by atoms with van der Waals surface area (Å²) >= 11 is 0. The van der Waals surface area contributed by atoms with Crippen molar-refractivity contribution in [2.24, 2.45) is 23.7 Å². The van der Waals surface area contributed by atoms with Crippen LogP contribution in [0.3, 0.4) is 0 Å². The van der Waals surface area contributed by atoms with Gasteiger partial charge in [0.15, 0.2) is 0 Å². The van der Waals surface area contributed by atoms with Gasteiger partial charge in [-0.2, -0.15) is 0 Å². The Hall–Kier alpha value is -1.44. The first-order chi connectivity index (χ1) is 10.2. The monoisotopic (exact) mass is 286 g/mol. The summed E-state index contributed by atoms with van der Waals surface area (Å²) < 4.78 is 11.7. The minimum Gasteiger partial charge on any atom is -0.493 e. The van der Waals surface area contributed by atoms with Crippen molar-refractivity contribution in [3.05, 3.63) is 36.4 Å². The first-order valence-corrected chi connectivity index (χ1v) is 8.28. The Bertz CT molecular complexity index is 477. The normalized spacial score (nSPS) is 27.8. The molecule has 2 bridgehead atoms. The van der Waals surface area contributed by atoms with Crippen molar-refractivity contribution < 1.29 is 9.47 Å². The maximum atomic E-state index is 5.95. The lowest BCUT2D eigenvalue weighted by Gasteiger charge is -2.18. The molecule has 0 radical (unpaired) electrons. The van der Waals surface area contributed by atoms with Crippen molar-refractivity contribution in [1.29, 1.82) is 0 Å². The van der Waals surface area contributed by atoms with E-state index in [0.717, 1.165) is 43.0 Å². The van der Waals surface area contributed by atoms with E-state index in [1.165, 1.54) is 12.8 Å². The van der Waals surface area contributed by atoms with Gasteiger partial charge in [-0.05, 0) is 60.8 Å². The standard InChI is InChI=1S/C19H26O2/c1-3-14(2)12-20-18-6-8-19(9-7-18)21-13-17-11-15-4-5-16(17)10-15/h4-9,14-17H,3,10-13H2,1-2H3. The molecular formula is C19H26O2. The summed E-state index contributed by atoms with van der Waals surface area (Å²) in [5, 5.41) is 0. The van der Waals surface area contributed by atoms with Crippen LogP contribution in [0.2, 0.25) is 0 Å². The van der Waals surface area contributed by atoms with Crippen molar-refractivity contribution >= 4 is 0 Å². The summed E-state index contributed by atoms with van der Waals surface area (Å²) in [6, 6.07) is 8.07. The van der Waals surface area contributed by atoms with E-state index in [0.29, 0.717) is 11.8 Å². The number of allylic oxidation sites excluding steroid dienone is 2. The molecule has 4 unspecified atom stereocenters. The molecule has 114 valence electrons. The highest BCUT2D eigenvalue weighted by molar-refractivity contribution is 5.31. The first-order valence-electron chi connectivity index (χ1n) is 8.28. The maximum absolute atomic E-state index is 5.95. The van der Waals surface area contributed by atoms with E-state index < -0.39 is 0 Å². The van der Waals surface area contributed by atoms with E-state index in [4.69, 9.17) is 9.47 Å². The van der Waals surface area contributed by atoms with Crippen LogP contribution in [0.1, 0.15) is 33.1 Å². The molecule has 1 aromatic rings. The topological polar surface area (TPSA) is 18.5 Å². The fourth-order valence-corrected chi connectivity index (χ4v) is 3.28. The van der Waals surface area contributed by atoms with Crippen LogP contribution in [0, 0.1) is 23.7 Å². The molecule has 0 heterocycles. The Labute approximate surface area is 128 Å². The zero-order chi connectivity index (χ0) is 14.7. The molecule has 0 spiro atoms. The zero-order valence-electron chi connectivity index (χ0n) is 13.1. The third-order valence-electron chi connectivity index (χ3n) is 4.94. The number of hydrogen-bond donors (Lipinski definition) is 0. The van der Waals surface area contributed by atoms with Crippen LogP contribution in [-0.2, 0) is 0 Å². The van der Waals surface area contributed by atoms with Crippen LogP contribution in [-0.4, -0.2) is 13.2 Å². The summed E-state index contributed by atoms with van der Waals surface area (Å²) in [6.45, 7) is 6.03. The number of hydrogen-bond acceptors (Lipinski definition) is 2. The SMILES string of the molecule is CCC(C)COc1ccc(OCC2CC3C=CC2C3)cc1. The molecule has 21 heavy (non-hydrogen) atoms. The molecule has 0 aliphatic heterocycles. The van der Waals surface area contributed by atoms with E-state index in [1.807, 2.05) is 24.3 Å². The highest BCUT2D eigenvalue weighted by Crippen LogP contribution is 2.43. The Morgan fingerprint density at radius 2 is 1.76 bits per heavy atom. The average molecular weight is 286 g/mol. The van der Waals surface area contributed by atoms with Crippen molar-refractivity contribution in [3.8, 4) is 11.5 Å². The zero-order valence-corrected chi connectivity index (χ0v) is 13.1. The van der Waals surface area contributed by atoms with Gasteiger partial charge in [-0.3, -0.25) is 0 Å². The number of fused-ring (bicyclic) bond motifs is 2. The highest BCUT2D eigenvalue weighted by Gasteiger charge is 2.35. The van der Waals surface area contributed by atoms with E-state index in [1.54, 1.807) is 0 Å². The number of rotatable bonds is 7. The van der Waals surface area contributed by atoms with Gasteiger partial charge in [-0.25, -0.2) is 0 Å². The van der Waals surface area contributed by atoms with Crippen molar-refractivity contribution in [2.75, 3.05) is 13.2 Å². The van der Waals surface area contributed by atoms with Crippen LogP contribution < -0.4 is 9.47 Å².